The van der Waals surface area contributed by atoms with Crippen molar-refractivity contribution in [2.24, 2.45) is 7.05 Å². The van der Waals surface area contributed by atoms with Crippen molar-refractivity contribution in [2.75, 3.05) is 38.3 Å². The number of fused-ring (bicyclic) bond motifs is 1. The van der Waals surface area contributed by atoms with Crippen molar-refractivity contribution >= 4 is 22.9 Å². The molecule has 1 saturated heterocycles. The van der Waals surface area contributed by atoms with E-state index in [0.29, 0.717) is 25.3 Å². The predicted octanol–water partition coefficient (Wildman–Crippen LogP) is 1.90. The highest BCUT2D eigenvalue weighted by Gasteiger charge is 2.20. The molecule has 8 nitrogen and oxygen atoms in total. The van der Waals surface area contributed by atoms with E-state index in [1.807, 2.05) is 36.0 Å². The van der Waals surface area contributed by atoms with Crippen molar-refractivity contribution in [3.63, 3.8) is 0 Å². The minimum absolute atomic E-state index is 0.0360. The second-order valence-electron chi connectivity index (χ2n) is 7.06. The lowest BCUT2D eigenvalue weighted by molar-refractivity contribution is 0.0780. The Morgan fingerprint density at radius 3 is 2.82 bits per heavy atom. The van der Waals surface area contributed by atoms with Gasteiger partial charge in [0.15, 0.2) is 0 Å². The maximum atomic E-state index is 12.9. The minimum Gasteiger partial charge on any atom is -0.378 e. The Bertz CT molecular complexity index is 986. The Labute approximate surface area is 164 Å². The van der Waals surface area contributed by atoms with E-state index < -0.39 is 0 Å². The van der Waals surface area contributed by atoms with Gasteiger partial charge in [-0.25, -0.2) is 9.97 Å². The lowest BCUT2D eigenvalue weighted by atomic mass is 10.1. The lowest BCUT2D eigenvalue weighted by Gasteiger charge is -2.27. The quantitative estimate of drug-likeness (QED) is 0.674. The Kier molecular flexibility index (Phi) is 5.04. The molecule has 8 heteroatoms. The number of rotatable bonds is 5. The molecule has 1 aliphatic heterocycles. The normalized spacial score (nSPS) is 14.6. The molecule has 1 amide bonds. The third-order valence-corrected chi connectivity index (χ3v) is 5.27. The molecule has 148 valence electrons. The third kappa shape index (κ3) is 3.35. The predicted molar refractivity (Wildman–Crippen MR) is 107 cm³/mol. The van der Waals surface area contributed by atoms with Gasteiger partial charge in [0.1, 0.15) is 5.82 Å². The number of imidazole rings is 2. The van der Waals surface area contributed by atoms with Gasteiger partial charge < -0.3 is 23.7 Å². The molecule has 0 N–H and O–H groups in total. The van der Waals surface area contributed by atoms with Crippen molar-refractivity contribution in [2.45, 2.75) is 20.0 Å². The maximum absolute atomic E-state index is 12.9. The van der Waals surface area contributed by atoms with Crippen molar-refractivity contribution in [1.29, 1.82) is 0 Å². The van der Waals surface area contributed by atoms with E-state index in [9.17, 15) is 4.79 Å². The van der Waals surface area contributed by atoms with Crippen LogP contribution in [0.3, 0.4) is 0 Å². The van der Waals surface area contributed by atoms with E-state index in [2.05, 4.69) is 21.4 Å². The molecule has 0 aliphatic carbocycles. The number of aromatic nitrogens is 4. The summed E-state index contributed by atoms with van der Waals surface area (Å²) in [6.07, 6.45) is 3.70. The maximum Gasteiger partial charge on any atom is 0.254 e. The number of carbonyl (C=O) groups is 1. The Hall–Kier alpha value is -2.87. The Morgan fingerprint density at radius 2 is 2.07 bits per heavy atom. The van der Waals surface area contributed by atoms with Crippen LogP contribution in [0.2, 0.25) is 0 Å². The van der Waals surface area contributed by atoms with Gasteiger partial charge in [-0.2, -0.15) is 0 Å². The molecule has 0 atom stereocenters. The van der Waals surface area contributed by atoms with Crippen LogP contribution in [0, 0.1) is 0 Å². The second-order valence-corrected chi connectivity index (χ2v) is 7.06. The van der Waals surface area contributed by atoms with Gasteiger partial charge in [-0.15, -0.1) is 0 Å². The van der Waals surface area contributed by atoms with Gasteiger partial charge >= 0.3 is 0 Å². The number of ether oxygens (including phenoxy) is 1. The van der Waals surface area contributed by atoms with E-state index in [1.165, 1.54) is 0 Å². The van der Waals surface area contributed by atoms with E-state index in [4.69, 9.17) is 9.72 Å². The van der Waals surface area contributed by atoms with E-state index >= 15 is 0 Å². The van der Waals surface area contributed by atoms with Crippen LogP contribution in [-0.2, 0) is 24.9 Å². The zero-order chi connectivity index (χ0) is 19.7. The van der Waals surface area contributed by atoms with Gasteiger partial charge in [-0.1, -0.05) is 0 Å². The molecule has 2 aromatic heterocycles. The van der Waals surface area contributed by atoms with E-state index in [-0.39, 0.29) is 5.91 Å². The summed E-state index contributed by atoms with van der Waals surface area (Å²) in [6, 6.07) is 5.73. The molecule has 0 saturated carbocycles. The molecule has 1 aliphatic rings. The first-order valence-electron chi connectivity index (χ1n) is 9.63. The first-order valence-corrected chi connectivity index (χ1v) is 9.63. The summed E-state index contributed by atoms with van der Waals surface area (Å²) in [6.45, 7) is 6.45. The molecule has 3 aromatic rings. The summed E-state index contributed by atoms with van der Waals surface area (Å²) in [5.41, 5.74) is 2.48. The standard InChI is InChI=1S/C20H26N6O2/c1-4-25-8-7-21-18(25)14-23(2)19(27)15-5-6-17-16(13-15)22-20(24(17)3)26-9-11-28-12-10-26/h5-8,13H,4,9-12,14H2,1-3H3. The van der Waals surface area contributed by atoms with Crippen LogP contribution in [0.1, 0.15) is 23.1 Å². The van der Waals surface area contributed by atoms with Crippen molar-refractivity contribution < 1.29 is 9.53 Å². The van der Waals surface area contributed by atoms with Crippen LogP contribution in [-0.4, -0.2) is 63.3 Å². The van der Waals surface area contributed by atoms with E-state index in [0.717, 1.165) is 42.4 Å². The van der Waals surface area contributed by atoms with Crippen LogP contribution in [0.5, 0.6) is 0 Å². The third-order valence-electron chi connectivity index (χ3n) is 5.27. The summed E-state index contributed by atoms with van der Waals surface area (Å²) < 4.78 is 9.56. The van der Waals surface area contributed by atoms with Gasteiger partial charge in [0.05, 0.1) is 30.8 Å². The van der Waals surface area contributed by atoms with Crippen LogP contribution in [0.4, 0.5) is 5.95 Å². The second kappa shape index (κ2) is 7.63. The molecular weight excluding hydrogens is 356 g/mol. The first kappa shape index (κ1) is 18.5. The number of benzene rings is 1. The summed E-state index contributed by atoms with van der Waals surface area (Å²) in [4.78, 5) is 26.0. The van der Waals surface area contributed by atoms with Crippen LogP contribution >= 0.6 is 0 Å². The first-order chi connectivity index (χ1) is 13.6. The monoisotopic (exact) mass is 382 g/mol. The van der Waals surface area contributed by atoms with Gasteiger partial charge in [0, 0.05) is 51.7 Å². The largest absolute Gasteiger partial charge is 0.378 e. The molecule has 0 unspecified atom stereocenters. The summed E-state index contributed by atoms with van der Waals surface area (Å²) in [5.74, 6) is 1.76. The van der Waals surface area contributed by atoms with Gasteiger partial charge in [-0.05, 0) is 25.1 Å². The Balaban J connectivity index is 1.57. The molecule has 0 bridgehead atoms. The molecule has 4 rings (SSSR count). The smallest absolute Gasteiger partial charge is 0.254 e. The average molecular weight is 382 g/mol. The fourth-order valence-electron chi connectivity index (χ4n) is 3.65. The number of anilines is 1. The van der Waals surface area contributed by atoms with E-state index in [1.54, 1.807) is 18.1 Å². The number of aryl methyl sites for hydroxylation is 2. The zero-order valence-electron chi connectivity index (χ0n) is 16.6. The highest BCUT2D eigenvalue weighted by atomic mass is 16.5. The van der Waals surface area contributed by atoms with Gasteiger partial charge in [-0.3, -0.25) is 4.79 Å². The molecular formula is C20H26N6O2. The number of carbonyl (C=O) groups excluding carboxylic acids is 1. The van der Waals surface area contributed by atoms with Crippen LogP contribution in [0.15, 0.2) is 30.6 Å². The molecule has 0 radical (unpaired) electrons. The molecule has 1 aromatic carbocycles. The fraction of sp³-hybridized carbons (Fsp3) is 0.450. The molecule has 1 fully saturated rings. The number of amides is 1. The minimum atomic E-state index is -0.0360. The summed E-state index contributed by atoms with van der Waals surface area (Å²) in [5, 5.41) is 0. The number of hydrogen-bond donors (Lipinski definition) is 0. The van der Waals surface area contributed by atoms with Gasteiger partial charge in [0.25, 0.3) is 5.91 Å². The topological polar surface area (TPSA) is 68.4 Å². The summed E-state index contributed by atoms with van der Waals surface area (Å²) in [7, 11) is 3.82. The summed E-state index contributed by atoms with van der Waals surface area (Å²) >= 11 is 0. The Morgan fingerprint density at radius 1 is 1.29 bits per heavy atom. The lowest BCUT2D eigenvalue weighted by Crippen LogP contribution is -2.37. The average Bonchev–Trinajstić information content (AvgIpc) is 3.31. The van der Waals surface area contributed by atoms with Crippen molar-refractivity contribution in [1.82, 2.24) is 24.0 Å². The highest BCUT2D eigenvalue weighted by Crippen LogP contribution is 2.23. The molecule has 28 heavy (non-hydrogen) atoms. The van der Waals surface area contributed by atoms with Crippen LogP contribution in [0.25, 0.3) is 11.0 Å². The molecule has 3 heterocycles. The number of hydrogen-bond acceptors (Lipinski definition) is 5. The fourth-order valence-corrected chi connectivity index (χ4v) is 3.65. The SMILES string of the molecule is CCn1ccnc1CN(C)C(=O)c1ccc2c(c1)nc(N1CCOCC1)n2C. The number of nitrogens with zero attached hydrogens (tertiary/aromatic N) is 6. The zero-order valence-corrected chi connectivity index (χ0v) is 16.6. The number of morpholine rings is 1. The van der Waals surface area contributed by atoms with Crippen LogP contribution < -0.4 is 4.90 Å². The molecule has 0 spiro atoms. The highest BCUT2D eigenvalue weighted by molar-refractivity contribution is 5.97. The van der Waals surface area contributed by atoms with Crippen molar-refractivity contribution in [3.8, 4) is 0 Å². The van der Waals surface area contributed by atoms with Crippen molar-refractivity contribution in [3.05, 3.63) is 42.0 Å². The van der Waals surface area contributed by atoms with Gasteiger partial charge in [0.2, 0.25) is 5.95 Å².